The van der Waals surface area contributed by atoms with Gasteiger partial charge in [0.2, 0.25) is 5.91 Å². The smallest absolute Gasteiger partial charge is 0.251 e. The minimum Gasteiger partial charge on any atom is -0.496 e. The number of carbonyl (C=O) groups excluding carboxylic acids is 2. The largest absolute Gasteiger partial charge is 0.496 e. The Morgan fingerprint density at radius 1 is 1.07 bits per heavy atom. The van der Waals surface area contributed by atoms with Crippen LogP contribution in [0.15, 0.2) is 36.4 Å². The molecule has 0 spiro atoms. The van der Waals surface area contributed by atoms with Gasteiger partial charge in [0.15, 0.2) is 0 Å². The van der Waals surface area contributed by atoms with Crippen molar-refractivity contribution in [3.8, 4) is 16.9 Å². The van der Waals surface area contributed by atoms with Crippen molar-refractivity contribution in [2.24, 2.45) is 35.0 Å². The molecule has 310 valence electrons. The first-order valence-electron chi connectivity index (χ1n) is 21.1. The number of ether oxygens (including phenoxy) is 1. The Morgan fingerprint density at radius 3 is 2.41 bits per heavy atom. The van der Waals surface area contributed by atoms with Gasteiger partial charge in [-0.15, -0.1) is 0 Å². The Bertz CT molecular complexity index is 1670. The van der Waals surface area contributed by atoms with Gasteiger partial charge in [-0.05, 0) is 93.1 Å². The van der Waals surface area contributed by atoms with E-state index in [0.717, 1.165) is 41.8 Å². The first-order valence-corrected chi connectivity index (χ1v) is 21.1. The van der Waals surface area contributed by atoms with Crippen molar-refractivity contribution in [1.29, 1.82) is 0 Å². The molecule has 7 rings (SSSR count). The Labute approximate surface area is 335 Å². The monoisotopic (exact) mass is 776 g/mol. The third-order valence-corrected chi connectivity index (χ3v) is 14.0. The summed E-state index contributed by atoms with van der Waals surface area (Å²) in [6.45, 7) is 9.22. The summed E-state index contributed by atoms with van der Waals surface area (Å²) >= 11 is 0. The number of fused-ring (bicyclic) bond motifs is 2. The second-order valence-corrected chi connectivity index (χ2v) is 18.6. The van der Waals surface area contributed by atoms with E-state index in [1.165, 1.54) is 38.5 Å². The number of anilines is 1. The maximum atomic E-state index is 14.3. The molecule has 2 bridgehead atoms. The van der Waals surface area contributed by atoms with Crippen LogP contribution in [0.1, 0.15) is 95.0 Å². The lowest BCUT2D eigenvalue weighted by Crippen LogP contribution is -2.62. The molecule has 2 amide bonds. The number of likely N-dealkylation sites (N-methyl/N-ethyl adjacent to an activating group) is 1. The number of nitrogens with one attached hydrogen (secondary N) is 2. The molecular formula is C45H69N5O6. The van der Waals surface area contributed by atoms with Crippen molar-refractivity contribution in [1.82, 2.24) is 20.6 Å². The second kappa shape index (κ2) is 17.7. The van der Waals surface area contributed by atoms with E-state index >= 15 is 0 Å². The van der Waals surface area contributed by atoms with Crippen molar-refractivity contribution in [3.05, 3.63) is 47.5 Å². The lowest BCUT2D eigenvalue weighted by molar-refractivity contribution is -0.183. The van der Waals surface area contributed by atoms with Crippen LogP contribution in [0.5, 0.6) is 5.75 Å². The standard InChI is InChI=1S/C45H69N5O6/c1-27-37-22-33(45(37,3)4)23-38(27)47-44(54)41-40(28(2)52)39(26-51)56-50(41)24-30-16-13-17-36(42(30)55-9)31-19-32(21-35(20-31)49(7)8)43(53)46-34(25-48(5)6)18-29-14-11-10-12-15-29/h13,16-17,19-21,27-29,33-34,37-41,51-52H,10-12,14-15,18,22-26H2,1-9H3,(H,46,53)(H,47,54)/t27-,28-,33+,34-,37+,38-,39-,40-,41-/m0/s1. The van der Waals surface area contributed by atoms with Crippen molar-refractivity contribution in [3.63, 3.8) is 0 Å². The van der Waals surface area contributed by atoms with Gasteiger partial charge in [-0.1, -0.05) is 71.1 Å². The van der Waals surface area contributed by atoms with E-state index in [1.54, 1.807) is 19.1 Å². The zero-order chi connectivity index (χ0) is 40.5. The summed E-state index contributed by atoms with van der Waals surface area (Å²) in [7, 11) is 9.68. The number of aliphatic hydroxyl groups is 2. The van der Waals surface area contributed by atoms with Gasteiger partial charge in [-0.3, -0.25) is 14.4 Å². The van der Waals surface area contributed by atoms with Gasteiger partial charge in [0.1, 0.15) is 17.9 Å². The first kappa shape index (κ1) is 42.4. The van der Waals surface area contributed by atoms with Gasteiger partial charge in [-0.2, -0.15) is 5.06 Å². The van der Waals surface area contributed by atoms with Crippen molar-refractivity contribution < 1.29 is 29.4 Å². The number of amides is 2. The Hall–Kier alpha value is -3.22. The number of carbonyl (C=O) groups is 2. The Kier molecular flexibility index (Phi) is 13.4. The van der Waals surface area contributed by atoms with E-state index < -0.39 is 24.2 Å². The molecule has 11 heteroatoms. The summed E-state index contributed by atoms with van der Waals surface area (Å²) in [4.78, 5) is 38.8. The molecule has 1 aliphatic heterocycles. The third kappa shape index (κ3) is 8.92. The molecular weight excluding hydrogens is 707 g/mol. The minimum absolute atomic E-state index is 0.0441. The van der Waals surface area contributed by atoms with E-state index in [1.807, 2.05) is 49.3 Å². The number of aliphatic hydroxyl groups excluding tert-OH is 2. The van der Waals surface area contributed by atoms with E-state index in [-0.39, 0.29) is 42.5 Å². The molecule has 2 aromatic rings. The van der Waals surface area contributed by atoms with Crippen LogP contribution in [0, 0.1) is 35.0 Å². The fourth-order valence-electron chi connectivity index (χ4n) is 10.7. The Balaban J connectivity index is 1.27. The summed E-state index contributed by atoms with van der Waals surface area (Å²) in [5.74, 6) is 1.79. The molecule has 0 radical (unpaired) electrons. The second-order valence-electron chi connectivity index (χ2n) is 18.6. The van der Waals surface area contributed by atoms with Gasteiger partial charge in [0, 0.05) is 61.0 Å². The van der Waals surface area contributed by atoms with Crippen molar-refractivity contribution >= 4 is 17.5 Å². The molecule has 1 heterocycles. The number of hydrogen-bond acceptors (Lipinski definition) is 9. The van der Waals surface area contributed by atoms with Gasteiger partial charge in [0.25, 0.3) is 5.91 Å². The predicted molar refractivity (Wildman–Crippen MR) is 221 cm³/mol. The van der Waals surface area contributed by atoms with E-state index in [0.29, 0.717) is 35.0 Å². The molecule has 4 saturated carbocycles. The first-order chi connectivity index (χ1) is 26.6. The number of methoxy groups -OCH3 is 1. The van der Waals surface area contributed by atoms with Crippen LogP contribution in [0.4, 0.5) is 5.69 Å². The zero-order valence-corrected chi connectivity index (χ0v) is 35.4. The summed E-state index contributed by atoms with van der Waals surface area (Å²) in [6, 6.07) is 11.1. The molecule has 11 nitrogen and oxygen atoms in total. The highest BCUT2D eigenvalue weighted by Crippen LogP contribution is 2.61. The van der Waals surface area contributed by atoms with Gasteiger partial charge < -0.3 is 35.4 Å². The predicted octanol–water partition coefficient (Wildman–Crippen LogP) is 5.72. The highest BCUT2D eigenvalue weighted by atomic mass is 16.7. The highest BCUT2D eigenvalue weighted by Gasteiger charge is 2.57. The Morgan fingerprint density at radius 2 is 1.80 bits per heavy atom. The maximum Gasteiger partial charge on any atom is 0.251 e. The van der Waals surface area contributed by atoms with Gasteiger partial charge in [-0.25, -0.2) is 0 Å². The average molecular weight is 776 g/mol. The zero-order valence-electron chi connectivity index (χ0n) is 35.4. The van der Waals surface area contributed by atoms with Crippen LogP contribution in [-0.4, -0.2) is 111 Å². The number of hydrogen-bond donors (Lipinski definition) is 4. The maximum absolute atomic E-state index is 14.3. The number of para-hydroxylation sites is 1. The molecule has 0 unspecified atom stereocenters. The fraction of sp³-hybridized carbons (Fsp3) is 0.689. The summed E-state index contributed by atoms with van der Waals surface area (Å²) in [5.41, 5.74) is 4.16. The third-order valence-electron chi connectivity index (χ3n) is 14.0. The number of rotatable bonds is 15. The molecule has 4 N–H and O–H groups in total. The molecule has 4 aliphatic carbocycles. The summed E-state index contributed by atoms with van der Waals surface area (Å²) in [6.07, 6.45) is 7.77. The van der Waals surface area contributed by atoms with Crippen molar-refractivity contribution in [2.45, 2.75) is 116 Å². The van der Waals surface area contributed by atoms with E-state index in [4.69, 9.17) is 9.57 Å². The van der Waals surface area contributed by atoms with Crippen LogP contribution in [0.25, 0.3) is 11.1 Å². The van der Waals surface area contributed by atoms with Crippen LogP contribution in [0.3, 0.4) is 0 Å². The van der Waals surface area contributed by atoms with Gasteiger partial charge >= 0.3 is 0 Å². The van der Waals surface area contributed by atoms with Crippen LogP contribution in [0.2, 0.25) is 0 Å². The molecule has 2 aromatic carbocycles. The molecule has 1 saturated heterocycles. The fourth-order valence-corrected chi connectivity index (χ4v) is 10.7. The SMILES string of the molecule is COc1c(CN2O[C@@H](CO)[C@H]([C@H](C)O)[C@H]2C(=O)N[C@H]2C[C@H]3C[C@H]([C@@H]2C)C3(C)C)cccc1-c1cc(C(=O)N[C@@H](CC2CCCCC2)CN(C)C)cc(N(C)C)c1. The molecule has 9 atom stereocenters. The number of nitrogens with zero attached hydrogens (tertiary/aromatic N) is 3. The van der Waals surface area contributed by atoms with Crippen LogP contribution < -0.4 is 20.3 Å². The van der Waals surface area contributed by atoms with E-state index in [9.17, 15) is 19.8 Å². The number of benzene rings is 2. The van der Waals surface area contributed by atoms with Gasteiger partial charge in [0.05, 0.1) is 26.4 Å². The molecule has 0 aromatic heterocycles. The summed E-state index contributed by atoms with van der Waals surface area (Å²) < 4.78 is 6.13. The highest BCUT2D eigenvalue weighted by molar-refractivity contribution is 5.97. The normalized spacial score (nSPS) is 28.7. The minimum atomic E-state index is -0.893. The quantitative estimate of drug-likeness (QED) is 0.180. The molecule has 5 aliphatic rings. The lowest BCUT2D eigenvalue weighted by Gasteiger charge is -2.62. The van der Waals surface area contributed by atoms with Crippen molar-refractivity contribution in [2.75, 3.05) is 53.4 Å². The lowest BCUT2D eigenvalue weighted by atomic mass is 9.45. The number of hydroxylamine groups is 2. The summed E-state index contributed by atoms with van der Waals surface area (Å²) in [5, 5.41) is 29.8. The average Bonchev–Trinajstić information content (AvgIpc) is 3.53. The van der Waals surface area contributed by atoms with Crippen LogP contribution >= 0.6 is 0 Å². The molecule has 56 heavy (non-hydrogen) atoms. The van der Waals surface area contributed by atoms with Crippen LogP contribution in [-0.2, 0) is 16.2 Å². The topological polar surface area (TPSA) is 127 Å². The molecule has 5 fully saturated rings. The van der Waals surface area contributed by atoms with E-state index in [2.05, 4.69) is 56.5 Å².